The van der Waals surface area contributed by atoms with E-state index in [1.165, 1.54) is 0 Å². The number of aromatic nitrogens is 3. The normalized spacial score (nSPS) is 10.6. The first-order valence-corrected chi connectivity index (χ1v) is 7.60. The Kier molecular flexibility index (Phi) is 4.50. The van der Waals surface area contributed by atoms with E-state index in [0.717, 1.165) is 16.7 Å². The lowest BCUT2D eigenvalue weighted by Gasteiger charge is -2.08. The third-order valence-electron chi connectivity index (χ3n) is 3.10. The molecule has 0 aliphatic heterocycles. The summed E-state index contributed by atoms with van der Waals surface area (Å²) in [5.41, 5.74) is 2.71. The number of H-pyrrole nitrogens is 1. The number of fused-ring (bicyclic) bond motifs is 1. The van der Waals surface area contributed by atoms with Crippen molar-refractivity contribution in [3.8, 4) is 0 Å². The Labute approximate surface area is 138 Å². The molecule has 0 amide bonds. The number of imidazole rings is 1. The van der Waals surface area contributed by atoms with Crippen LogP contribution in [0.15, 0.2) is 42.6 Å². The second-order valence-electron chi connectivity index (χ2n) is 4.67. The van der Waals surface area contributed by atoms with Crippen molar-refractivity contribution in [1.82, 2.24) is 20.3 Å². The van der Waals surface area contributed by atoms with Gasteiger partial charge < -0.3 is 15.6 Å². The van der Waals surface area contributed by atoms with Crippen LogP contribution in [-0.4, -0.2) is 26.6 Å². The van der Waals surface area contributed by atoms with Gasteiger partial charge in [0.2, 0.25) is 5.95 Å². The minimum Gasteiger partial charge on any atom is -0.362 e. The zero-order chi connectivity index (χ0) is 15.4. The van der Waals surface area contributed by atoms with E-state index in [-0.39, 0.29) is 0 Å². The van der Waals surface area contributed by atoms with Gasteiger partial charge in [-0.3, -0.25) is 4.98 Å². The predicted octanol–water partition coefficient (Wildman–Crippen LogP) is 3.14. The number of thiocarbonyl (C=S) groups is 1. The van der Waals surface area contributed by atoms with E-state index in [1.807, 2.05) is 36.4 Å². The van der Waals surface area contributed by atoms with Crippen LogP contribution in [0.3, 0.4) is 0 Å². The van der Waals surface area contributed by atoms with Crippen molar-refractivity contribution in [2.75, 3.05) is 11.9 Å². The Morgan fingerprint density at radius 1 is 1.23 bits per heavy atom. The molecule has 112 valence electrons. The van der Waals surface area contributed by atoms with Crippen molar-refractivity contribution in [2.24, 2.45) is 0 Å². The molecule has 0 saturated carbocycles. The lowest BCUT2D eigenvalue weighted by atomic mass is 10.3. The molecule has 0 radical (unpaired) electrons. The van der Waals surface area contributed by atoms with Crippen molar-refractivity contribution in [3.05, 3.63) is 53.3 Å². The van der Waals surface area contributed by atoms with Crippen molar-refractivity contribution in [1.29, 1.82) is 0 Å². The Morgan fingerprint density at radius 2 is 2.09 bits per heavy atom. The van der Waals surface area contributed by atoms with Crippen molar-refractivity contribution >= 4 is 45.9 Å². The minimum absolute atomic E-state index is 0.506. The number of hydrogen-bond acceptors (Lipinski definition) is 3. The molecular weight excluding hydrogens is 318 g/mol. The molecule has 0 atom stereocenters. The molecule has 0 bridgehead atoms. The SMILES string of the molecule is S=C(NCCc1ncccc1Cl)Nc1nc2ccccc2[nH]1. The van der Waals surface area contributed by atoms with Crippen LogP contribution in [0.4, 0.5) is 5.95 Å². The molecule has 0 spiro atoms. The molecular formula is C15H14ClN5S. The number of para-hydroxylation sites is 2. The van der Waals surface area contributed by atoms with Gasteiger partial charge in [-0.25, -0.2) is 4.98 Å². The molecule has 3 aromatic rings. The Balaban J connectivity index is 1.53. The molecule has 0 unspecified atom stereocenters. The topological polar surface area (TPSA) is 65.6 Å². The molecule has 7 heteroatoms. The second-order valence-corrected chi connectivity index (χ2v) is 5.48. The zero-order valence-corrected chi connectivity index (χ0v) is 13.2. The van der Waals surface area contributed by atoms with Crippen molar-refractivity contribution in [3.63, 3.8) is 0 Å². The molecule has 0 fully saturated rings. The maximum atomic E-state index is 6.06. The lowest BCUT2D eigenvalue weighted by molar-refractivity contribution is 0.847. The summed E-state index contributed by atoms with van der Waals surface area (Å²) in [7, 11) is 0. The van der Waals surface area contributed by atoms with Gasteiger partial charge >= 0.3 is 0 Å². The van der Waals surface area contributed by atoms with Gasteiger partial charge in [0.25, 0.3) is 0 Å². The van der Waals surface area contributed by atoms with E-state index in [0.29, 0.717) is 29.0 Å². The van der Waals surface area contributed by atoms with Gasteiger partial charge in [0.1, 0.15) is 0 Å². The van der Waals surface area contributed by atoms with Crippen LogP contribution in [0.1, 0.15) is 5.69 Å². The number of halogens is 1. The largest absolute Gasteiger partial charge is 0.362 e. The van der Waals surface area contributed by atoms with Crippen molar-refractivity contribution < 1.29 is 0 Å². The van der Waals surface area contributed by atoms with Gasteiger partial charge in [0.15, 0.2) is 5.11 Å². The minimum atomic E-state index is 0.506. The van der Waals surface area contributed by atoms with E-state index in [4.69, 9.17) is 23.8 Å². The summed E-state index contributed by atoms with van der Waals surface area (Å²) in [6, 6.07) is 11.4. The average Bonchev–Trinajstić information content (AvgIpc) is 2.91. The number of anilines is 1. The second kappa shape index (κ2) is 6.72. The lowest BCUT2D eigenvalue weighted by Crippen LogP contribution is -2.30. The van der Waals surface area contributed by atoms with E-state index < -0.39 is 0 Å². The molecule has 2 heterocycles. The van der Waals surface area contributed by atoms with Crippen LogP contribution in [0.2, 0.25) is 5.02 Å². The van der Waals surface area contributed by atoms with E-state index in [9.17, 15) is 0 Å². The van der Waals surface area contributed by atoms with E-state index >= 15 is 0 Å². The number of nitrogens with zero attached hydrogens (tertiary/aromatic N) is 2. The highest BCUT2D eigenvalue weighted by Gasteiger charge is 2.04. The summed E-state index contributed by atoms with van der Waals surface area (Å²) in [4.78, 5) is 11.8. The molecule has 0 aliphatic carbocycles. The standard InChI is InChI=1S/C15H14ClN5S/c16-10-4-3-8-17-11(10)7-9-18-15(22)21-14-19-12-5-1-2-6-13(12)20-14/h1-6,8H,7,9H2,(H3,18,19,20,21,22). The maximum Gasteiger partial charge on any atom is 0.207 e. The summed E-state index contributed by atoms with van der Waals surface area (Å²) in [5, 5.41) is 7.32. The molecule has 1 aromatic carbocycles. The first kappa shape index (κ1) is 14.7. The van der Waals surface area contributed by atoms with Crippen LogP contribution in [0.25, 0.3) is 11.0 Å². The van der Waals surface area contributed by atoms with Crippen LogP contribution < -0.4 is 10.6 Å². The van der Waals surface area contributed by atoms with Gasteiger partial charge in [-0.2, -0.15) is 0 Å². The van der Waals surface area contributed by atoms with Gasteiger partial charge in [-0.15, -0.1) is 0 Å². The quantitative estimate of drug-likeness (QED) is 0.641. The first-order valence-electron chi connectivity index (χ1n) is 6.81. The number of nitrogens with one attached hydrogen (secondary N) is 3. The van der Waals surface area contributed by atoms with Crippen LogP contribution >= 0.6 is 23.8 Å². The summed E-state index contributed by atoms with van der Waals surface area (Å²) in [5.74, 6) is 0.620. The summed E-state index contributed by atoms with van der Waals surface area (Å²) in [6.07, 6.45) is 2.42. The molecule has 5 nitrogen and oxygen atoms in total. The van der Waals surface area contributed by atoms with Gasteiger partial charge in [0, 0.05) is 19.2 Å². The monoisotopic (exact) mass is 331 g/mol. The van der Waals surface area contributed by atoms with Crippen LogP contribution in [0, 0.1) is 0 Å². The maximum absolute atomic E-state index is 6.06. The third kappa shape index (κ3) is 3.52. The van der Waals surface area contributed by atoms with Gasteiger partial charge in [0.05, 0.1) is 21.7 Å². The Morgan fingerprint density at radius 3 is 2.91 bits per heavy atom. The predicted molar refractivity (Wildman–Crippen MR) is 93.3 cm³/mol. The highest BCUT2D eigenvalue weighted by molar-refractivity contribution is 7.80. The highest BCUT2D eigenvalue weighted by atomic mass is 35.5. The molecule has 3 rings (SSSR count). The van der Waals surface area contributed by atoms with Gasteiger partial charge in [-0.05, 0) is 36.5 Å². The molecule has 0 aliphatic rings. The van der Waals surface area contributed by atoms with Gasteiger partial charge in [-0.1, -0.05) is 23.7 Å². The first-order chi connectivity index (χ1) is 10.7. The fraction of sp³-hybridized carbons (Fsp3) is 0.133. The van der Waals surface area contributed by atoms with E-state index in [2.05, 4.69) is 25.6 Å². The van der Waals surface area contributed by atoms with Crippen molar-refractivity contribution in [2.45, 2.75) is 6.42 Å². The van der Waals surface area contributed by atoms with E-state index in [1.54, 1.807) is 6.20 Å². The van der Waals surface area contributed by atoms with Crippen LogP contribution in [-0.2, 0) is 6.42 Å². The Bertz CT molecular complexity index is 768. The third-order valence-corrected chi connectivity index (χ3v) is 3.69. The molecule has 22 heavy (non-hydrogen) atoms. The summed E-state index contributed by atoms with van der Waals surface area (Å²) in [6.45, 7) is 0.642. The average molecular weight is 332 g/mol. The Hall–Kier alpha value is -2.18. The fourth-order valence-corrected chi connectivity index (χ4v) is 2.48. The highest BCUT2D eigenvalue weighted by Crippen LogP contribution is 2.13. The van der Waals surface area contributed by atoms with Crippen LogP contribution in [0.5, 0.6) is 0 Å². The number of pyridine rings is 1. The summed E-state index contributed by atoms with van der Waals surface area (Å²) < 4.78 is 0. The molecule has 2 aromatic heterocycles. The fourth-order valence-electron chi connectivity index (χ4n) is 2.06. The zero-order valence-electron chi connectivity index (χ0n) is 11.6. The number of rotatable bonds is 4. The molecule has 3 N–H and O–H groups in total. The number of hydrogen-bond donors (Lipinski definition) is 3. The smallest absolute Gasteiger partial charge is 0.207 e. The molecule has 0 saturated heterocycles. The summed E-state index contributed by atoms with van der Waals surface area (Å²) >= 11 is 11.3. The number of benzene rings is 1. The number of aromatic amines is 1.